The molecule has 0 saturated carbocycles. The Labute approximate surface area is 133 Å². The monoisotopic (exact) mass is 328 g/mol. The molecule has 1 atom stereocenters. The molecule has 0 bridgehead atoms. The molecule has 2 rings (SSSR count). The molecule has 1 heterocycles. The highest BCUT2D eigenvalue weighted by molar-refractivity contribution is 6.34. The molecule has 0 saturated heterocycles. The largest absolute Gasteiger partial charge is 0.497 e. The number of aromatic nitrogens is 1. The van der Waals surface area contributed by atoms with E-state index in [0.717, 1.165) is 0 Å². The Bertz CT molecular complexity index is 637. The standard InChI is InChI=1S/C15H15Cl2FN2O/c1-3-19-14(15-12(17)6-9(16)8-20-15)11-5-4-10(21-2)7-13(11)18/h4-8,14,19H,3H2,1-2H3. The van der Waals surface area contributed by atoms with Gasteiger partial charge in [-0.15, -0.1) is 0 Å². The third-order valence-corrected chi connectivity index (χ3v) is 3.55. The fourth-order valence-electron chi connectivity index (χ4n) is 2.06. The van der Waals surface area contributed by atoms with Crippen LogP contribution in [0.1, 0.15) is 24.2 Å². The number of ether oxygens (including phenoxy) is 1. The van der Waals surface area contributed by atoms with E-state index >= 15 is 0 Å². The molecule has 0 aliphatic carbocycles. The van der Waals surface area contributed by atoms with E-state index < -0.39 is 6.04 Å². The van der Waals surface area contributed by atoms with Crippen molar-refractivity contribution in [3.8, 4) is 5.75 Å². The van der Waals surface area contributed by atoms with Gasteiger partial charge in [-0.3, -0.25) is 4.98 Å². The molecule has 0 amide bonds. The van der Waals surface area contributed by atoms with Crippen molar-refractivity contribution < 1.29 is 9.13 Å². The summed E-state index contributed by atoms with van der Waals surface area (Å²) in [5.41, 5.74) is 0.987. The molecule has 0 aliphatic heterocycles. The van der Waals surface area contributed by atoms with Crippen molar-refractivity contribution in [3.63, 3.8) is 0 Å². The van der Waals surface area contributed by atoms with Crippen LogP contribution in [0.15, 0.2) is 30.5 Å². The summed E-state index contributed by atoms with van der Waals surface area (Å²) in [4.78, 5) is 4.23. The van der Waals surface area contributed by atoms with Crippen LogP contribution in [0.3, 0.4) is 0 Å². The number of nitrogens with zero attached hydrogens (tertiary/aromatic N) is 1. The summed E-state index contributed by atoms with van der Waals surface area (Å²) < 4.78 is 19.3. The van der Waals surface area contributed by atoms with Gasteiger partial charge in [0.15, 0.2) is 0 Å². The molecule has 1 aromatic heterocycles. The summed E-state index contributed by atoms with van der Waals surface area (Å²) >= 11 is 12.0. The molecule has 1 N–H and O–H groups in total. The fourth-order valence-corrected chi connectivity index (χ4v) is 2.55. The van der Waals surface area contributed by atoms with E-state index in [2.05, 4.69) is 10.3 Å². The molecule has 21 heavy (non-hydrogen) atoms. The van der Waals surface area contributed by atoms with Crippen molar-refractivity contribution in [1.82, 2.24) is 10.3 Å². The Hall–Kier alpha value is -1.36. The number of pyridine rings is 1. The van der Waals surface area contributed by atoms with Crippen molar-refractivity contribution in [1.29, 1.82) is 0 Å². The van der Waals surface area contributed by atoms with Crippen LogP contribution < -0.4 is 10.1 Å². The van der Waals surface area contributed by atoms with E-state index in [4.69, 9.17) is 27.9 Å². The van der Waals surface area contributed by atoms with Gasteiger partial charge in [0.05, 0.1) is 28.9 Å². The van der Waals surface area contributed by atoms with Crippen LogP contribution in [0.4, 0.5) is 4.39 Å². The topological polar surface area (TPSA) is 34.1 Å². The minimum Gasteiger partial charge on any atom is -0.497 e. The average molecular weight is 329 g/mol. The van der Waals surface area contributed by atoms with E-state index in [1.54, 1.807) is 18.2 Å². The maximum absolute atomic E-state index is 14.3. The van der Waals surface area contributed by atoms with Crippen LogP contribution >= 0.6 is 23.2 Å². The molecule has 0 aliphatic rings. The number of nitrogens with one attached hydrogen (secondary N) is 1. The van der Waals surface area contributed by atoms with Gasteiger partial charge in [0.1, 0.15) is 11.6 Å². The van der Waals surface area contributed by atoms with Crippen LogP contribution in [-0.4, -0.2) is 18.6 Å². The SMILES string of the molecule is CCNC(c1ccc(OC)cc1F)c1ncc(Cl)cc1Cl. The first-order chi connectivity index (χ1) is 10.1. The number of hydrogen-bond donors (Lipinski definition) is 1. The maximum atomic E-state index is 14.3. The Kier molecular flexibility index (Phi) is 5.39. The van der Waals surface area contributed by atoms with Crippen LogP contribution in [-0.2, 0) is 0 Å². The van der Waals surface area contributed by atoms with Gasteiger partial charge in [0.2, 0.25) is 0 Å². The lowest BCUT2D eigenvalue weighted by Gasteiger charge is -2.20. The minimum atomic E-state index is -0.453. The van der Waals surface area contributed by atoms with Gasteiger partial charge in [-0.05, 0) is 18.7 Å². The third kappa shape index (κ3) is 3.64. The lowest BCUT2D eigenvalue weighted by molar-refractivity contribution is 0.410. The smallest absolute Gasteiger partial charge is 0.132 e. The summed E-state index contributed by atoms with van der Waals surface area (Å²) in [5, 5.41) is 4.01. The second kappa shape index (κ2) is 7.07. The molecule has 0 radical (unpaired) electrons. The van der Waals surface area contributed by atoms with Gasteiger partial charge in [0, 0.05) is 17.8 Å². The molecular weight excluding hydrogens is 314 g/mol. The second-order valence-corrected chi connectivity index (χ2v) is 5.24. The van der Waals surface area contributed by atoms with Crippen LogP contribution in [0.25, 0.3) is 0 Å². The molecular formula is C15H15Cl2FN2O. The number of rotatable bonds is 5. The summed E-state index contributed by atoms with van der Waals surface area (Å²) in [6, 6.07) is 5.84. The zero-order chi connectivity index (χ0) is 15.4. The van der Waals surface area contributed by atoms with Crippen molar-refractivity contribution in [2.45, 2.75) is 13.0 Å². The quantitative estimate of drug-likeness (QED) is 0.891. The molecule has 0 fully saturated rings. The molecule has 1 aromatic carbocycles. The lowest BCUT2D eigenvalue weighted by atomic mass is 10.0. The molecule has 6 heteroatoms. The highest BCUT2D eigenvalue weighted by Crippen LogP contribution is 2.31. The second-order valence-electron chi connectivity index (χ2n) is 4.40. The van der Waals surface area contributed by atoms with Gasteiger partial charge in [-0.2, -0.15) is 0 Å². The van der Waals surface area contributed by atoms with Crippen LogP contribution in [0.5, 0.6) is 5.75 Å². The fraction of sp³-hybridized carbons (Fsp3) is 0.267. The Morgan fingerprint density at radius 1 is 1.33 bits per heavy atom. The van der Waals surface area contributed by atoms with Gasteiger partial charge in [-0.1, -0.05) is 36.2 Å². The van der Waals surface area contributed by atoms with Gasteiger partial charge in [0.25, 0.3) is 0 Å². The van der Waals surface area contributed by atoms with E-state index in [-0.39, 0.29) is 5.82 Å². The molecule has 0 spiro atoms. The molecule has 1 unspecified atom stereocenters. The first-order valence-corrected chi connectivity index (χ1v) is 7.20. The Morgan fingerprint density at radius 2 is 2.10 bits per heavy atom. The average Bonchev–Trinajstić information content (AvgIpc) is 2.46. The van der Waals surface area contributed by atoms with E-state index in [1.807, 2.05) is 6.92 Å². The predicted octanol–water partition coefficient (Wildman–Crippen LogP) is 4.24. The Morgan fingerprint density at radius 3 is 2.67 bits per heavy atom. The minimum absolute atomic E-state index is 0.381. The third-order valence-electron chi connectivity index (χ3n) is 3.04. The zero-order valence-electron chi connectivity index (χ0n) is 11.7. The normalized spacial score (nSPS) is 12.2. The zero-order valence-corrected chi connectivity index (χ0v) is 13.2. The number of halogens is 3. The van der Waals surface area contributed by atoms with E-state index in [0.29, 0.717) is 33.6 Å². The molecule has 2 aromatic rings. The first kappa shape index (κ1) is 16.0. The van der Waals surface area contributed by atoms with Crippen LogP contribution in [0.2, 0.25) is 10.0 Å². The molecule has 112 valence electrons. The molecule has 3 nitrogen and oxygen atoms in total. The highest BCUT2D eigenvalue weighted by atomic mass is 35.5. The van der Waals surface area contributed by atoms with Crippen molar-refractivity contribution >= 4 is 23.2 Å². The number of hydrogen-bond acceptors (Lipinski definition) is 3. The predicted molar refractivity (Wildman–Crippen MR) is 82.7 cm³/mol. The number of methoxy groups -OCH3 is 1. The van der Waals surface area contributed by atoms with Crippen LogP contribution in [0, 0.1) is 5.82 Å². The highest BCUT2D eigenvalue weighted by Gasteiger charge is 2.21. The van der Waals surface area contributed by atoms with Crippen molar-refractivity contribution in [3.05, 3.63) is 57.6 Å². The first-order valence-electron chi connectivity index (χ1n) is 6.44. The van der Waals surface area contributed by atoms with E-state index in [1.165, 1.54) is 19.4 Å². The lowest BCUT2D eigenvalue weighted by Crippen LogP contribution is -2.24. The Balaban J connectivity index is 2.48. The van der Waals surface area contributed by atoms with Gasteiger partial charge < -0.3 is 10.1 Å². The summed E-state index contributed by atoms with van der Waals surface area (Å²) in [6.45, 7) is 2.56. The summed E-state index contributed by atoms with van der Waals surface area (Å²) in [7, 11) is 1.49. The van der Waals surface area contributed by atoms with Gasteiger partial charge >= 0.3 is 0 Å². The maximum Gasteiger partial charge on any atom is 0.132 e. The van der Waals surface area contributed by atoms with Crippen molar-refractivity contribution in [2.24, 2.45) is 0 Å². The van der Waals surface area contributed by atoms with E-state index in [9.17, 15) is 4.39 Å². The van der Waals surface area contributed by atoms with Crippen molar-refractivity contribution in [2.75, 3.05) is 13.7 Å². The summed E-state index contributed by atoms with van der Waals surface area (Å²) in [5.74, 6) is 0.0785. The van der Waals surface area contributed by atoms with Gasteiger partial charge in [-0.25, -0.2) is 4.39 Å². The number of benzene rings is 1. The summed E-state index contributed by atoms with van der Waals surface area (Å²) in [6.07, 6.45) is 1.49.